The maximum Gasteiger partial charge on any atom is 0.290 e. The number of aryl methyl sites for hydroxylation is 1. The first-order valence-corrected chi connectivity index (χ1v) is 5.94. The Hall–Kier alpha value is -1.66. The minimum Gasteiger partial charge on any atom is -0.258 e. The summed E-state index contributed by atoms with van der Waals surface area (Å²) in [5, 5.41) is 14.8. The lowest BCUT2D eigenvalue weighted by Gasteiger charge is -2.06. The normalized spacial score (nSPS) is 10.8. The smallest absolute Gasteiger partial charge is 0.258 e. The topological polar surface area (TPSA) is 61.0 Å². The monoisotopic (exact) mass is 303 g/mol. The van der Waals surface area contributed by atoms with E-state index in [4.69, 9.17) is 23.2 Å². The van der Waals surface area contributed by atoms with Crippen LogP contribution in [-0.4, -0.2) is 14.7 Å². The number of halogens is 3. The van der Waals surface area contributed by atoms with Gasteiger partial charge in [0.05, 0.1) is 10.6 Å². The first-order chi connectivity index (χ1) is 8.82. The van der Waals surface area contributed by atoms with E-state index in [1.165, 1.54) is 0 Å². The van der Waals surface area contributed by atoms with Crippen LogP contribution in [0.3, 0.4) is 0 Å². The number of nitro groups is 1. The van der Waals surface area contributed by atoms with Gasteiger partial charge in [-0.15, -0.1) is 0 Å². The van der Waals surface area contributed by atoms with Crippen LogP contribution < -0.4 is 0 Å². The lowest BCUT2D eigenvalue weighted by molar-refractivity contribution is -0.384. The van der Waals surface area contributed by atoms with E-state index >= 15 is 0 Å². The van der Waals surface area contributed by atoms with Crippen molar-refractivity contribution >= 4 is 28.9 Å². The molecule has 0 bridgehead atoms. The van der Waals surface area contributed by atoms with Crippen LogP contribution in [0.4, 0.5) is 10.1 Å². The Bertz CT molecular complexity index is 685. The molecular weight excluding hydrogens is 296 g/mol. The Labute approximate surface area is 117 Å². The highest BCUT2D eigenvalue weighted by Crippen LogP contribution is 2.31. The molecule has 0 radical (unpaired) electrons. The number of nitro benzene ring substituents is 1. The zero-order valence-electron chi connectivity index (χ0n) is 9.95. The van der Waals surface area contributed by atoms with Crippen molar-refractivity contribution in [3.8, 4) is 5.69 Å². The summed E-state index contributed by atoms with van der Waals surface area (Å²) in [6, 6.07) is 1.88. The predicted octanol–water partition coefficient (Wildman–Crippen LogP) is 3.84. The highest BCUT2D eigenvalue weighted by Gasteiger charge is 2.21. The molecule has 0 atom stereocenters. The average Bonchev–Trinajstić information content (AvgIpc) is 2.57. The molecule has 1 heterocycles. The molecular formula is C11H8Cl2FN3O2. The maximum atomic E-state index is 13.9. The maximum absolute atomic E-state index is 13.9. The summed E-state index contributed by atoms with van der Waals surface area (Å²) >= 11 is 11.6. The molecule has 2 aromatic rings. The highest BCUT2D eigenvalue weighted by molar-refractivity contribution is 6.32. The molecule has 2 rings (SSSR count). The summed E-state index contributed by atoms with van der Waals surface area (Å²) in [5.41, 5.74) is 0.776. The summed E-state index contributed by atoms with van der Waals surface area (Å²) in [7, 11) is 0. The van der Waals surface area contributed by atoms with Crippen LogP contribution in [-0.2, 0) is 0 Å². The van der Waals surface area contributed by atoms with Gasteiger partial charge in [-0.3, -0.25) is 10.1 Å². The molecule has 0 N–H and O–H groups in total. The van der Waals surface area contributed by atoms with Gasteiger partial charge >= 0.3 is 0 Å². The molecule has 5 nitrogen and oxygen atoms in total. The molecule has 0 saturated heterocycles. The van der Waals surface area contributed by atoms with E-state index in [9.17, 15) is 14.5 Å². The number of hydrogen-bond acceptors (Lipinski definition) is 3. The molecule has 0 spiro atoms. The van der Waals surface area contributed by atoms with E-state index in [0.29, 0.717) is 11.3 Å². The fourth-order valence-electron chi connectivity index (χ4n) is 1.57. The van der Waals surface area contributed by atoms with Gasteiger partial charge in [-0.2, -0.15) is 5.10 Å². The van der Waals surface area contributed by atoms with Crippen molar-refractivity contribution in [1.82, 2.24) is 9.78 Å². The average molecular weight is 304 g/mol. The molecule has 0 aliphatic carbocycles. The fourth-order valence-corrected chi connectivity index (χ4v) is 2.05. The molecule has 0 saturated carbocycles. The zero-order chi connectivity index (χ0) is 14.3. The summed E-state index contributed by atoms with van der Waals surface area (Å²) < 4.78 is 15.0. The number of hydrogen-bond donors (Lipinski definition) is 0. The first-order valence-electron chi connectivity index (χ1n) is 5.18. The van der Waals surface area contributed by atoms with E-state index < -0.39 is 16.4 Å². The van der Waals surface area contributed by atoms with Crippen LogP contribution >= 0.6 is 23.2 Å². The molecule has 0 aliphatic heterocycles. The van der Waals surface area contributed by atoms with E-state index in [2.05, 4.69) is 5.10 Å². The van der Waals surface area contributed by atoms with Gasteiger partial charge in [0.2, 0.25) is 0 Å². The van der Waals surface area contributed by atoms with E-state index in [1.54, 1.807) is 13.8 Å². The summed E-state index contributed by atoms with van der Waals surface area (Å²) in [4.78, 5) is 10.1. The Morgan fingerprint density at radius 2 is 2.00 bits per heavy atom. The lowest BCUT2D eigenvalue weighted by Crippen LogP contribution is -2.02. The van der Waals surface area contributed by atoms with Gasteiger partial charge in [0.25, 0.3) is 5.69 Å². The first kappa shape index (κ1) is 13.8. The van der Waals surface area contributed by atoms with Crippen molar-refractivity contribution in [2.45, 2.75) is 13.8 Å². The third-order valence-corrected chi connectivity index (χ3v) is 3.48. The van der Waals surface area contributed by atoms with Gasteiger partial charge in [-0.05, 0) is 13.8 Å². The van der Waals surface area contributed by atoms with Gasteiger partial charge in [-0.1, -0.05) is 23.2 Å². The number of rotatable bonds is 2. The highest BCUT2D eigenvalue weighted by atomic mass is 35.5. The molecule has 1 aromatic heterocycles. The molecule has 100 valence electrons. The molecule has 0 unspecified atom stereocenters. The molecule has 0 fully saturated rings. The molecule has 0 amide bonds. The van der Waals surface area contributed by atoms with Gasteiger partial charge in [0.15, 0.2) is 5.82 Å². The third-order valence-electron chi connectivity index (χ3n) is 2.73. The van der Waals surface area contributed by atoms with Crippen molar-refractivity contribution < 1.29 is 9.31 Å². The van der Waals surface area contributed by atoms with Crippen LogP contribution in [0.1, 0.15) is 11.3 Å². The SMILES string of the molecule is Cc1nn(-c2cc([N+](=O)[O-])c(Cl)cc2F)c(Cl)c1C. The molecule has 19 heavy (non-hydrogen) atoms. The number of aromatic nitrogens is 2. The van der Waals surface area contributed by atoms with Crippen LogP contribution in [0.2, 0.25) is 10.2 Å². The van der Waals surface area contributed by atoms with Crippen molar-refractivity contribution in [3.63, 3.8) is 0 Å². The number of benzene rings is 1. The fraction of sp³-hybridized carbons (Fsp3) is 0.182. The van der Waals surface area contributed by atoms with Crippen LogP contribution in [0.25, 0.3) is 5.69 Å². The van der Waals surface area contributed by atoms with E-state index in [0.717, 1.165) is 16.8 Å². The largest absolute Gasteiger partial charge is 0.290 e. The Kier molecular flexibility index (Phi) is 3.47. The Balaban J connectivity index is 2.71. The molecule has 1 aromatic carbocycles. The summed E-state index contributed by atoms with van der Waals surface area (Å²) in [5.74, 6) is -0.736. The third kappa shape index (κ3) is 2.29. The summed E-state index contributed by atoms with van der Waals surface area (Å²) in [6.45, 7) is 3.43. The second kappa shape index (κ2) is 4.79. The second-order valence-corrected chi connectivity index (χ2v) is 4.69. The van der Waals surface area contributed by atoms with Crippen molar-refractivity contribution in [3.05, 3.63) is 49.5 Å². The Morgan fingerprint density at radius 1 is 1.37 bits per heavy atom. The Morgan fingerprint density at radius 3 is 2.47 bits per heavy atom. The quantitative estimate of drug-likeness (QED) is 0.625. The number of nitrogens with zero attached hydrogens (tertiary/aromatic N) is 3. The van der Waals surface area contributed by atoms with Gasteiger partial charge < -0.3 is 0 Å². The van der Waals surface area contributed by atoms with E-state index in [1.807, 2.05) is 0 Å². The minimum absolute atomic E-state index is 0.114. The zero-order valence-corrected chi connectivity index (χ0v) is 11.5. The van der Waals surface area contributed by atoms with Gasteiger partial charge in [0, 0.05) is 17.7 Å². The molecule has 0 aliphatic rings. The van der Waals surface area contributed by atoms with Gasteiger partial charge in [0.1, 0.15) is 15.9 Å². The van der Waals surface area contributed by atoms with Crippen LogP contribution in [0, 0.1) is 29.8 Å². The van der Waals surface area contributed by atoms with Crippen molar-refractivity contribution in [2.75, 3.05) is 0 Å². The van der Waals surface area contributed by atoms with Gasteiger partial charge in [-0.25, -0.2) is 9.07 Å². The predicted molar refractivity (Wildman–Crippen MR) is 69.7 cm³/mol. The second-order valence-electron chi connectivity index (χ2n) is 3.93. The minimum atomic E-state index is -0.736. The molecule has 8 heteroatoms. The van der Waals surface area contributed by atoms with Crippen molar-refractivity contribution in [1.29, 1.82) is 0 Å². The van der Waals surface area contributed by atoms with Crippen LogP contribution in [0.15, 0.2) is 12.1 Å². The lowest BCUT2D eigenvalue weighted by atomic mass is 10.2. The van der Waals surface area contributed by atoms with Crippen LogP contribution in [0.5, 0.6) is 0 Å². The summed E-state index contributed by atoms with van der Waals surface area (Å²) in [6.07, 6.45) is 0. The standard InChI is InChI=1S/C11H8Cl2FN3O2/c1-5-6(2)15-16(11(5)13)10-4-9(17(18)19)7(12)3-8(10)14/h3-4H,1-2H3. The van der Waals surface area contributed by atoms with Crippen molar-refractivity contribution in [2.24, 2.45) is 0 Å². The van der Waals surface area contributed by atoms with E-state index in [-0.39, 0.29) is 15.9 Å².